The number of nitrogens with zero attached hydrogens (tertiary/aromatic N) is 1. The Morgan fingerprint density at radius 2 is 1.21 bits per heavy atom. The first-order valence-corrected chi connectivity index (χ1v) is 13.3. The van der Waals surface area contributed by atoms with Crippen molar-refractivity contribution in [1.29, 1.82) is 0 Å². The van der Waals surface area contributed by atoms with Crippen molar-refractivity contribution in [2.45, 2.75) is 51.0 Å². The fourth-order valence-electron chi connectivity index (χ4n) is 4.58. The highest BCUT2D eigenvalue weighted by molar-refractivity contribution is 6.31. The lowest BCUT2D eigenvalue weighted by molar-refractivity contribution is -0.170. The van der Waals surface area contributed by atoms with Gasteiger partial charge in [-0.2, -0.15) is 0 Å². The molecular formula is C31H30ClNO6. The summed E-state index contributed by atoms with van der Waals surface area (Å²) in [6, 6.07) is 29.2. The van der Waals surface area contributed by atoms with Crippen LogP contribution in [0.5, 0.6) is 0 Å². The normalized spacial score (nSPS) is 21.4. The number of hydrogen-bond acceptors (Lipinski definition) is 6. The summed E-state index contributed by atoms with van der Waals surface area (Å²) in [4.78, 5) is 26.3. The van der Waals surface area contributed by atoms with Crippen molar-refractivity contribution in [3.8, 4) is 0 Å². The first-order chi connectivity index (χ1) is 19.1. The molecule has 1 saturated heterocycles. The molecule has 0 saturated carbocycles. The summed E-state index contributed by atoms with van der Waals surface area (Å²) in [6.45, 7) is 1.02. The van der Waals surface area contributed by atoms with Gasteiger partial charge in [0.2, 0.25) is 17.7 Å². The summed E-state index contributed by atoms with van der Waals surface area (Å²) < 4.78 is 25.0. The summed E-state index contributed by atoms with van der Waals surface area (Å²) in [7, 11) is 0. The van der Waals surface area contributed by atoms with E-state index < -0.39 is 18.3 Å². The molecule has 3 atom stereocenters. The summed E-state index contributed by atoms with van der Waals surface area (Å²) in [5.41, 5.74) is 2.92. The standard InChI is InChI=1S/C31H30ClNO6/c32-28-30(38-20-24-14-8-3-9-15-24)29(37-19-23-12-6-2-7-13-23)25(21-36-18-22-10-4-1-5-11-22)39-31(28)33-26(34)16-17-27(33)35/h1-15,25,29-30H,16-21H2/t25-,29-,30-/m1/s1. The van der Waals surface area contributed by atoms with Gasteiger partial charge in [-0.25, -0.2) is 4.90 Å². The molecule has 7 nitrogen and oxygen atoms in total. The zero-order chi connectivity index (χ0) is 27.0. The molecule has 1 fully saturated rings. The van der Waals surface area contributed by atoms with Crippen molar-refractivity contribution in [2.75, 3.05) is 6.61 Å². The van der Waals surface area contributed by atoms with E-state index in [1.165, 1.54) is 0 Å². The van der Waals surface area contributed by atoms with Crippen LogP contribution in [0.15, 0.2) is 102 Å². The van der Waals surface area contributed by atoms with E-state index in [1.807, 2.05) is 91.0 Å². The Bertz CT molecular complexity index is 1270. The molecule has 0 aromatic heterocycles. The summed E-state index contributed by atoms with van der Waals surface area (Å²) in [5.74, 6) is -0.722. The number of rotatable bonds is 11. The maximum atomic E-state index is 12.6. The predicted molar refractivity (Wildman–Crippen MR) is 145 cm³/mol. The van der Waals surface area contributed by atoms with Crippen LogP contribution in [-0.2, 0) is 48.4 Å². The Hall–Kier alpha value is -3.49. The molecule has 39 heavy (non-hydrogen) atoms. The molecule has 2 aliphatic rings. The van der Waals surface area contributed by atoms with Gasteiger partial charge in [0.1, 0.15) is 17.2 Å². The van der Waals surface area contributed by atoms with Gasteiger partial charge in [-0.15, -0.1) is 0 Å². The number of carbonyl (C=O) groups is 2. The second-order valence-electron chi connectivity index (χ2n) is 9.41. The summed E-state index contributed by atoms with van der Waals surface area (Å²) in [6.07, 6.45) is -1.96. The lowest BCUT2D eigenvalue weighted by Gasteiger charge is -2.40. The van der Waals surface area contributed by atoms with E-state index >= 15 is 0 Å². The lowest BCUT2D eigenvalue weighted by atomic mass is 10.0. The van der Waals surface area contributed by atoms with Gasteiger partial charge in [0.05, 0.1) is 26.4 Å². The molecule has 3 aromatic rings. The highest BCUT2D eigenvalue weighted by Gasteiger charge is 2.46. The number of benzene rings is 3. The monoisotopic (exact) mass is 547 g/mol. The van der Waals surface area contributed by atoms with Crippen LogP contribution in [0.25, 0.3) is 0 Å². The van der Waals surface area contributed by atoms with E-state index in [0.29, 0.717) is 6.61 Å². The fraction of sp³-hybridized carbons (Fsp3) is 0.290. The molecule has 5 rings (SSSR count). The van der Waals surface area contributed by atoms with Gasteiger partial charge >= 0.3 is 0 Å². The van der Waals surface area contributed by atoms with E-state index in [-0.39, 0.29) is 55.4 Å². The van der Waals surface area contributed by atoms with Crippen LogP contribution in [-0.4, -0.2) is 41.6 Å². The number of halogens is 1. The van der Waals surface area contributed by atoms with Crippen molar-refractivity contribution < 1.29 is 28.5 Å². The van der Waals surface area contributed by atoms with E-state index in [2.05, 4.69) is 0 Å². The van der Waals surface area contributed by atoms with Crippen molar-refractivity contribution in [1.82, 2.24) is 4.90 Å². The van der Waals surface area contributed by atoms with Gasteiger partial charge in [0, 0.05) is 12.8 Å². The van der Waals surface area contributed by atoms with Gasteiger partial charge in [-0.1, -0.05) is 103 Å². The molecule has 202 valence electrons. The second-order valence-corrected chi connectivity index (χ2v) is 9.82. The third kappa shape index (κ3) is 6.75. The van der Waals surface area contributed by atoms with E-state index in [1.54, 1.807) is 0 Å². The lowest BCUT2D eigenvalue weighted by Crippen LogP contribution is -2.51. The summed E-state index contributed by atoms with van der Waals surface area (Å²) >= 11 is 6.86. The maximum absolute atomic E-state index is 12.6. The van der Waals surface area contributed by atoms with Gasteiger partial charge in [-0.05, 0) is 16.7 Å². The van der Waals surface area contributed by atoms with Crippen LogP contribution < -0.4 is 0 Å². The molecule has 0 spiro atoms. The SMILES string of the molecule is O=C1CCC(=O)N1C1=C(Cl)[C@@H](OCc2ccccc2)[C@H](OCc2ccccc2)[C@@H](COCc2ccccc2)O1. The highest BCUT2D eigenvalue weighted by Crippen LogP contribution is 2.36. The molecule has 0 aliphatic carbocycles. The van der Waals surface area contributed by atoms with Crippen LogP contribution >= 0.6 is 11.6 Å². The largest absolute Gasteiger partial charge is 0.469 e. The Morgan fingerprint density at radius 3 is 1.74 bits per heavy atom. The van der Waals surface area contributed by atoms with Crippen LogP contribution in [0.4, 0.5) is 0 Å². The quantitative estimate of drug-likeness (QED) is 0.302. The molecule has 2 aliphatic heterocycles. The fourth-order valence-corrected chi connectivity index (χ4v) is 4.89. The van der Waals surface area contributed by atoms with Crippen molar-refractivity contribution in [3.05, 3.63) is 119 Å². The third-order valence-corrected chi connectivity index (χ3v) is 6.96. The molecular weight excluding hydrogens is 518 g/mol. The number of likely N-dealkylation sites (tertiary alicyclic amines) is 1. The van der Waals surface area contributed by atoms with Crippen molar-refractivity contribution >= 4 is 23.4 Å². The zero-order valence-corrected chi connectivity index (χ0v) is 22.2. The molecule has 3 aromatic carbocycles. The third-order valence-electron chi connectivity index (χ3n) is 6.59. The topological polar surface area (TPSA) is 74.3 Å². The predicted octanol–water partition coefficient (Wildman–Crippen LogP) is 5.33. The molecule has 0 radical (unpaired) electrons. The second kappa shape index (κ2) is 13.0. The number of carbonyl (C=O) groups excluding carboxylic acids is 2. The number of amides is 2. The Labute approximate surface area is 232 Å². The minimum Gasteiger partial charge on any atom is -0.469 e. The Kier molecular flexibility index (Phi) is 9.06. The highest BCUT2D eigenvalue weighted by atomic mass is 35.5. The maximum Gasteiger partial charge on any atom is 0.236 e. The molecule has 2 amide bonds. The Balaban J connectivity index is 1.43. The first kappa shape index (κ1) is 27.1. The molecule has 0 bridgehead atoms. The van der Waals surface area contributed by atoms with Crippen LogP contribution in [0, 0.1) is 0 Å². The minimum absolute atomic E-state index is 0.00454. The van der Waals surface area contributed by atoms with E-state index in [0.717, 1.165) is 21.6 Å². The van der Waals surface area contributed by atoms with Gasteiger partial charge in [0.15, 0.2) is 6.10 Å². The number of imide groups is 1. The van der Waals surface area contributed by atoms with Gasteiger partial charge in [0.25, 0.3) is 0 Å². The Morgan fingerprint density at radius 1 is 0.718 bits per heavy atom. The average Bonchev–Trinajstić information content (AvgIpc) is 3.31. The van der Waals surface area contributed by atoms with E-state index in [4.69, 9.17) is 30.5 Å². The number of hydrogen-bond donors (Lipinski definition) is 0. The summed E-state index contributed by atoms with van der Waals surface area (Å²) in [5, 5.41) is 0.118. The van der Waals surface area contributed by atoms with Gasteiger partial charge in [-0.3, -0.25) is 9.59 Å². The van der Waals surface area contributed by atoms with Crippen molar-refractivity contribution in [3.63, 3.8) is 0 Å². The van der Waals surface area contributed by atoms with Gasteiger partial charge < -0.3 is 18.9 Å². The first-order valence-electron chi connectivity index (χ1n) is 12.9. The van der Waals surface area contributed by atoms with Crippen LogP contribution in [0.2, 0.25) is 0 Å². The molecule has 0 N–H and O–H groups in total. The molecule has 2 heterocycles. The molecule has 0 unspecified atom stereocenters. The van der Waals surface area contributed by atoms with E-state index in [9.17, 15) is 9.59 Å². The molecule has 8 heteroatoms. The van der Waals surface area contributed by atoms with Crippen molar-refractivity contribution in [2.24, 2.45) is 0 Å². The average molecular weight is 548 g/mol. The van der Waals surface area contributed by atoms with Crippen LogP contribution in [0.3, 0.4) is 0 Å². The number of ether oxygens (including phenoxy) is 4. The smallest absolute Gasteiger partial charge is 0.236 e. The van der Waals surface area contributed by atoms with Crippen LogP contribution in [0.1, 0.15) is 29.5 Å². The minimum atomic E-state index is -0.800. The zero-order valence-electron chi connectivity index (χ0n) is 21.4.